The SMILES string of the molecule is CC/C=C(/C)C=NC. The standard InChI is InChI=1S/C7H13N/c1-4-5-7(2)6-8-3/h5-6H,4H2,1-3H3/b7-5-,8-6?. The van der Waals surface area contributed by atoms with Crippen molar-refractivity contribution in [3.63, 3.8) is 0 Å². The second-order valence-electron chi connectivity index (χ2n) is 1.74. The van der Waals surface area contributed by atoms with Crippen LogP contribution in [0.1, 0.15) is 20.3 Å². The van der Waals surface area contributed by atoms with Gasteiger partial charge in [-0.3, -0.25) is 4.99 Å². The monoisotopic (exact) mass is 111 g/mol. The Bertz CT molecular complexity index is 101. The van der Waals surface area contributed by atoms with Gasteiger partial charge in [0.15, 0.2) is 0 Å². The predicted octanol–water partition coefficient (Wildman–Crippen LogP) is 2.04. The van der Waals surface area contributed by atoms with Crippen LogP contribution in [-0.2, 0) is 0 Å². The molecule has 0 aromatic carbocycles. The highest BCUT2D eigenvalue weighted by Crippen LogP contribution is 1.88. The van der Waals surface area contributed by atoms with Gasteiger partial charge in [-0.05, 0) is 18.9 Å². The van der Waals surface area contributed by atoms with E-state index in [9.17, 15) is 0 Å². The molecule has 0 aliphatic rings. The van der Waals surface area contributed by atoms with Gasteiger partial charge in [-0.15, -0.1) is 0 Å². The Balaban J connectivity index is 3.61. The van der Waals surface area contributed by atoms with Crippen LogP contribution in [0.4, 0.5) is 0 Å². The van der Waals surface area contributed by atoms with Gasteiger partial charge < -0.3 is 0 Å². The molecule has 0 saturated heterocycles. The summed E-state index contributed by atoms with van der Waals surface area (Å²) in [6, 6.07) is 0. The van der Waals surface area contributed by atoms with Gasteiger partial charge in [-0.25, -0.2) is 0 Å². The van der Waals surface area contributed by atoms with E-state index in [1.165, 1.54) is 5.57 Å². The summed E-state index contributed by atoms with van der Waals surface area (Å²) in [6.45, 7) is 4.17. The number of allylic oxidation sites excluding steroid dienone is 2. The first kappa shape index (κ1) is 7.41. The third kappa shape index (κ3) is 3.59. The number of nitrogens with zero attached hydrogens (tertiary/aromatic N) is 1. The van der Waals surface area contributed by atoms with E-state index in [0.717, 1.165) is 6.42 Å². The van der Waals surface area contributed by atoms with Gasteiger partial charge in [-0.1, -0.05) is 13.0 Å². The minimum absolute atomic E-state index is 1.10. The van der Waals surface area contributed by atoms with Gasteiger partial charge in [-0.2, -0.15) is 0 Å². The number of rotatable bonds is 2. The highest BCUT2D eigenvalue weighted by molar-refractivity contribution is 5.77. The van der Waals surface area contributed by atoms with Crippen LogP contribution in [0.5, 0.6) is 0 Å². The lowest BCUT2D eigenvalue weighted by Crippen LogP contribution is -1.74. The van der Waals surface area contributed by atoms with Crippen molar-refractivity contribution in [1.29, 1.82) is 0 Å². The molecule has 0 saturated carbocycles. The van der Waals surface area contributed by atoms with Gasteiger partial charge in [0.2, 0.25) is 0 Å². The number of hydrogen-bond donors (Lipinski definition) is 0. The van der Waals surface area contributed by atoms with E-state index >= 15 is 0 Å². The van der Waals surface area contributed by atoms with Crippen LogP contribution >= 0.6 is 0 Å². The zero-order valence-corrected chi connectivity index (χ0v) is 5.81. The lowest BCUT2D eigenvalue weighted by molar-refractivity contribution is 1.20. The molecular formula is C7H13N. The minimum Gasteiger partial charge on any atom is -0.296 e. The molecule has 0 fully saturated rings. The van der Waals surface area contributed by atoms with Crippen molar-refractivity contribution in [2.24, 2.45) is 4.99 Å². The topological polar surface area (TPSA) is 12.4 Å². The Morgan fingerprint density at radius 2 is 2.25 bits per heavy atom. The van der Waals surface area contributed by atoms with E-state index in [1.54, 1.807) is 7.05 Å². The van der Waals surface area contributed by atoms with Crippen molar-refractivity contribution >= 4 is 6.21 Å². The highest BCUT2D eigenvalue weighted by atomic mass is 14.6. The quantitative estimate of drug-likeness (QED) is 0.483. The number of aliphatic imine (C=N–C) groups is 1. The molecular weight excluding hydrogens is 98.1 g/mol. The summed E-state index contributed by atoms with van der Waals surface area (Å²) in [5.74, 6) is 0. The van der Waals surface area contributed by atoms with Gasteiger partial charge in [0.1, 0.15) is 0 Å². The van der Waals surface area contributed by atoms with E-state index < -0.39 is 0 Å². The molecule has 0 aromatic rings. The van der Waals surface area contributed by atoms with Crippen LogP contribution in [0, 0.1) is 0 Å². The third-order valence-electron chi connectivity index (χ3n) is 0.859. The second kappa shape index (κ2) is 4.57. The van der Waals surface area contributed by atoms with Crippen molar-refractivity contribution < 1.29 is 0 Å². The average molecular weight is 111 g/mol. The van der Waals surface area contributed by atoms with Crippen LogP contribution in [0.2, 0.25) is 0 Å². The Hall–Kier alpha value is -0.590. The van der Waals surface area contributed by atoms with Crippen molar-refractivity contribution in [3.05, 3.63) is 11.6 Å². The summed E-state index contributed by atoms with van der Waals surface area (Å²) in [5, 5.41) is 0. The average Bonchev–Trinajstić information content (AvgIpc) is 1.68. The van der Waals surface area contributed by atoms with Crippen molar-refractivity contribution in [1.82, 2.24) is 0 Å². The molecule has 46 valence electrons. The fourth-order valence-corrected chi connectivity index (χ4v) is 0.578. The molecule has 0 heterocycles. The predicted molar refractivity (Wildman–Crippen MR) is 38.5 cm³/mol. The smallest absolute Gasteiger partial charge is 0.0277 e. The third-order valence-corrected chi connectivity index (χ3v) is 0.859. The molecule has 0 aromatic heterocycles. The maximum Gasteiger partial charge on any atom is 0.0277 e. The zero-order valence-electron chi connectivity index (χ0n) is 5.81. The Labute approximate surface area is 51.1 Å². The first-order valence-electron chi connectivity index (χ1n) is 2.90. The molecule has 0 spiro atoms. The molecule has 0 N–H and O–H groups in total. The summed E-state index contributed by atoms with van der Waals surface area (Å²) >= 11 is 0. The second-order valence-corrected chi connectivity index (χ2v) is 1.74. The molecule has 1 nitrogen and oxygen atoms in total. The van der Waals surface area contributed by atoms with Gasteiger partial charge in [0.05, 0.1) is 0 Å². The van der Waals surface area contributed by atoms with E-state index in [4.69, 9.17) is 0 Å². The molecule has 8 heavy (non-hydrogen) atoms. The maximum absolute atomic E-state index is 3.86. The minimum atomic E-state index is 1.10. The molecule has 0 rings (SSSR count). The fourth-order valence-electron chi connectivity index (χ4n) is 0.578. The largest absolute Gasteiger partial charge is 0.296 e. The van der Waals surface area contributed by atoms with Crippen molar-refractivity contribution in [2.45, 2.75) is 20.3 Å². The molecule has 0 amide bonds. The Morgan fingerprint density at radius 3 is 2.62 bits per heavy atom. The van der Waals surface area contributed by atoms with E-state index in [-0.39, 0.29) is 0 Å². The van der Waals surface area contributed by atoms with E-state index in [0.29, 0.717) is 0 Å². The van der Waals surface area contributed by atoms with Crippen LogP contribution in [-0.4, -0.2) is 13.3 Å². The summed E-state index contributed by atoms with van der Waals surface area (Å²) in [7, 11) is 1.78. The van der Waals surface area contributed by atoms with Crippen molar-refractivity contribution in [3.8, 4) is 0 Å². The molecule has 0 radical (unpaired) electrons. The summed E-state index contributed by atoms with van der Waals surface area (Å²) in [4.78, 5) is 3.86. The van der Waals surface area contributed by atoms with Gasteiger partial charge in [0.25, 0.3) is 0 Å². The molecule has 0 atom stereocenters. The first-order chi connectivity index (χ1) is 3.81. The Morgan fingerprint density at radius 1 is 1.62 bits per heavy atom. The molecule has 0 aliphatic carbocycles. The zero-order chi connectivity index (χ0) is 6.41. The number of hydrogen-bond acceptors (Lipinski definition) is 1. The normalized spacial score (nSPS) is 13.1. The summed E-state index contributed by atoms with van der Waals surface area (Å²) in [6.07, 6.45) is 5.11. The summed E-state index contributed by atoms with van der Waals surface area (Å²) < 4.78 is 0. The molecule has 1 heteroatoms. The van der Waals surface area contributed by atoms with Crippen LogP contribution in [0.25, 0.3) is 0 Å². The molecule has 0 aliphatic heterocycles. The molecule has 0 unspecified atom stereocenters. The van der Waals surface area contributed by atoms with Gasteiger partial charge >= 0.3 is 0 Å². The molecule has 0 bridgehead atoms. The van der Waals surface area contributed by atoms with Crippen LogP contribution in [0.15, 0.2) is 16.6 Å². The first-order valence-corrected chi connectivity index (χ1v) is 2.90. The van der Waals surface area contributed by atoms with Gasteiger partial charge in [0, 0.05) is 13.3 Å². The van der Waals surface area contributed by atoms with Crippen LogP contribution in [0.3, 0.4) is 0 Å². The van der Waals surface area contributed by atoms with Crippen molar-refractivity contribution in [2.75, 3.05) is 7.05 Å². The fraction of sp³-hybridized carbons (Fsp3) is 0.571. The Kier molecular flexibility index (Phi) is 4.23. The lowest BCUT2D eigenvalue weighted by atomic mass is 10.3. The van der Waals surface area contributed by atoms with E-state index in [2.05, 4.69) is 24.9 Å². The highest BCUT2D eigenvalue weighted by Gasteiger charge is 1.75. The maximum atomic E-state index is 3.86. The lowest BCUT2D eigenvalue weighted by Gasteiger charge is -1.84. The van der Waals surface area contributed by atoms with Crippen LogP contribution < -0.4 is 0 Å². The summed E-state index contributed by atoms with van der Waals surface area (Å²) in [5.41, 5.74) is 1.25. The van der Waals surface area contributed by atoms with E-state index in [1.807, 2.05) is 6.21 Å².